The Balaban J connectivity index is 1.64. The van der Waals surface area contributed by atoms with Gasteiger partial charge in [-0.3, -0.25) is 15.0 Å². The third-order valence-electron chi connectivity index (χ3n) is 4.31. The Kier molecular flexibility index (Phi) is 4.44. The molecule has 2 amide bonds. The molecule has 0 unspecified atom stereocenters. The summed E-state index contributed by atoms with van der Waals surface area (Å²) < 4.78 is 18.7. The molecule has 3 aromatic rings. The van der Waals surface area contributed by atoms with Gasteiger partial charge in [0, 0.05) is 5.56 Å². The van der Waals surface area contributed by atoms with Gasteiger partial charge >= 0.3 is 5.97 Å². The van der Waals surface area contributed by atoms with Crippen LogP contribution in [0.2, 0.25) is 0 Å². The highest BCUT2D eigenvalue weighted by molar-refractivity contribution is 6.31. The van der Waals surface area contributed by atoms with Crippen molar-refractivity contribution in [2.45, 2.75) is 0 Å². The van der Waals surface area contributed by atoms with Gasteiger partial charge in [0.1, 0.15) is 22.9 Å². The quantitative estimate of drug-likeness (QED) is 0.525. The highest BCUT2D eigenvalue weighted by Gasteiger charge is 2.34. The van der Waals surface area contributed by atoms with E-state index in [4.69, 9.17) is 4.42 Å². The predicted octanol–water partition coefficient (Wildman–Crippen LogP) is 3.25. The zero-order chi connectivity index (χ0) is 20.5. The van der Waals surface area contributed by atoms with Gasteiger partial charge in [0.25, 0.3) is 11.8 Å². The first-order valence-electron chi connectivity index (χ1n) is 8.49. The third-order valence-corrected chi connectivity index (χ3v) is 4.31. The summed E-state index contributed by atoms with van der Waals surface area (Å²) in [6.07, 6.45) is 1.27. The number of benzene rings is 2. The summed E-state index contributed by atoms with van der Waals surface area (Å²) >= 11 is 0. The fraction of sp³-hybridized carbons (Fsp3) is 0. The molecule has 0 radical (unpaired) electrons. The molecule has 8 heteroatoms. The second-order valence-electron chi connectivity index (χ2n) is 6.17. The lowest BCUT2D eigenvalue weighted by atomic mass is 10.1. The first-order chi connectivity index (χ1) is 13.9. The van der Waals surface area contributed by atoms with Crippen LogP contribution in [0.4, 0.5) is 10.1 Å². The van der Waals surface area contributed by atoms with Crippen molar-refractivity contribution in [2.24, 2.45) is 0 Å². The third kappa shape index (κ3) is 3.39. The Hall–Kier alpha value is -4.20. The van der Waals surface area contributed by atoms with Crippen LogP contribution in [-0.2, 0) is 9.59 Å². The number of hydrogen-bond acceptors (Lipinski definition) is 4. The second kappa shape index (κ2) is 7.08. The Labute approximate surface area is 163 Å². The summed E-state index contributed by atoms with van der Waals surface area (Å²) in [5.74, 6) is -2.33. The summed E-state index contributed by atoms with van der Waals surface area (Å²) in [7, 11) is 0. The van der Waals surface area contributed by atoms with Crippen molar-refractivity contribution in [1.82, 2.24) is 5.43 Å². The molecular formula is C21H13FN2O5. The van der Waals surface area contributed by atoms with E-state index in [0.29, 0.717) is 11.3 Å². The molecule has 1 aromatic heterocycles. The van der Waals surface area contributed by atoms with Crippen LogP contribution < -0.4 is 10.4 Å². The zero-order valence-corrected chi connectivity index (χ0v) is 14.8. The zero-order valence-electron chi connectivity index (χ0n) is 14.8. The molecule has 7 nitrogen and oxygen atoms in total. The van der Waals surface area contributed by atoms with Crippen LogP contribution >= 0.6 is 0 Å². The number of carbonyl (C=O) groups is 3. The van der Waals surface area contributed by atoms with E-state index in [1.165, 1.54) is 42.5 Å². The Morgan fingerprint density at radius 1 is 1.03 bits per heavy atom. The fourth-order valence-corrected chi connectivity index (χ4v) is 2.93. The predicted molar refractivity (Wildman–Crippen MR) is 101 cm³/mol. The van der Waals surface area contributed by atoms with Gasteiger partial charge < -0.3 is 9.52 Å². The first-order valence-corrected chi connectivity index (χ1v) is 8.49. The molecule has 0 bridgehead atoms. The number of nitrogens with zero attached hydrogens (tertiary/aromatic N) is 1. The molecule has 0 spiro atoms. The van der Waals surface area contributed by atoms with Gasteiger partial charge in [-0.15, -0.1) is 0 Å². The molecular weight excluding hydrogens is 379 g/mol. The molecule has 1 aliphatic rings. The van der Waals surface area contributed by atoms with Crippen LogP contribution in [0.3, 0.4) is 0 Å². The van der Waals surface area contributed by atoms with E-state index in [-0.39, 0.29) is 22.7 Å². The van der Waals surface area contributed by atoms with Crippen molar-refractivity contribution in [3.8, 4) is 11.3 Å². The van der Waals surface area contributed by atoms with E-state index in [9.17, 15) is 23.9 Å². The fourth-order valence-electron chi connectivity index (χ4n) is 2.93. The lowest BCUT2D eigenvalue weighted by molar-refractivity contribution is -0.117. The number of hydrogen-bond donors (Lipinski definition) is 2. The SMILES string of the molecule is O=C1NN(c2ccc(F)cc2)C(=O)/C1=C/c1ccc(-c2ccccc2C(=O)O)o1. The molecule has 2 heterocycles. The van der Waals surface area contributed by atoms with Crippen molar-refractivity contribution in [3.63, 3.8) is 0 Å². The highest BCUT2D eigenvalue weighted by atomic mass is 19.1. The minimum atomic E-state index is -1.10. The van der Waals surface area contributed by atoms with Gasteiger partial charge in [0.2, 0.25) is 0 Å². The topological polar surface area (TPSA) is 99.9 Å². The van der Waals surface area contributed by atoms with Gasteiger partial charge in [0.05, 0.1) is 11.3 Å². The highest BCUT2D eigenvalue weighted by Crippen LogP contribution is 2.28. The van der Waals surface area contributed by atoms with Gasteiger partial charge in [-0.25, -0.2) is 14.2 Å². The molecule has 4 rings (SSSR count). The summed E-state index contributed by atoms with van der Waals surface area (Å²) in [5, 5.41) is 10.3. The number of amides is 2. The van der Waals surface area contributed by atoms with Crippen LogP contribution in [0.1, 0.15) is 16.1 Å². The number of anilines is 1. The van der Waals surface area contributed by atoms with E-state index in [1.54, 1.807) is 24.3 Å². The van der Waals surface area contributed by atoms with E-state index in [0.717, 1.165) is 5.01 Å². The number of nitrogens with one attached hydrogen (secondary N) is 1. The van der Waals surface area contributed by atoms with Crippen LogP contribution in [0.5, 0.6) is 0 Å². The molecule has 144 valence electrons. The summed E-state index contributed by atoms with van der Waals surface area (Å²) in [4.78, 5) is 36.2. The van der Waals surface area contributed by atoms with E-state index in [1.807, 2.05) is 0 Å². The van der Waals surface area contributed by atoms with Crippen molar-refractivity contribution < 1.29 is 28.3 Å². The van der Waals surface area contributed by atoms with E-state index >= 15 is 0 Å². The number of carboxylic acid groups (broad SMARTS) is 1. The number of rotatable bonds is 4. The summed E-state index contributed by atoms with van der Waals surface area (Å²) in [6.45, 7) is 0. The number of carbonyl (C=O) groups excluding carboxylic acids is 2. The minimum absolute atomic E-state index is 0.0678. The number of hydrazine groups is 1. The van der Waals surface area contributed by atoms with Gasteiger partial charge in [-0.2, -0.15) is 0 Å². The Morgan fingerprint density at radius 3 is 2.48 bits per heavy atom. The van der Waals surface area contributed by atoms with Gasteiger partial charge in [-0.1, -0.05) is 18.2 Å². The molecule has 1 fully saturated rings. The van der Waals surface area contributed by atoms with Gasteiger partial charge in [0.15, 0.2) is 0 Å². The monoisotopic (exact) mass is 392 g/mol. The Bertz CT molecular complexity index is 1160. The largest absolute Gasteiger partial charge is 0.478 e. The molecule has 0 aliphatic carbocycles. The summed E-state index contributed by atoms with van der Waals surface area (Å²) in [5.41, 5.74) is 2.99. The van der Waals surface area contributed by atoms with E-state index < -0.39 is 23.6 Å². The van der Waals surface area contributed by atoms with Crippen LogP contribution in [-0.4, -0.2) is 22.9 Å². The molecule has 29 heavy (non-hydrogen) atoms. The number of carboxylic acids is 1. The van der Waals surface area contributed by atoms with Crippen molar-refractivity contribution >= 4 is 29.5 Å². The smallest absolute Gasteiger partial charge is 0.336 e. The Morgan fingerprint density at radius 2 is 1.76 bits per heavy atom. The number of aromatic carboxylic acids is 1. The van der Waals surface area contributed by atoms with Crippen molar-refractivity contribution in [2.75, 3.05) is 5.01 Å². The average molecular weight is 392 g/mol. The van der Waals surface area contributed by atoms with Crippen molar-refractivity contribution in [1.29, 1.82) is 0 Å². The lowest BCUT2D eigenvalue weighted by Gasteiger charge is -2.14. The second-order valence-corrected chi connectivity index (χ2v) is 6.17. The molecule has 2 N–H and O–H groups in total. The number of halogens is 1. The number of furan rings is 1. The lowest BCUT2D eigenvalue weighted by Crippen LogP contribution is -2.35. The standard InChI is InChI=1S/C21H13FN2O5/c22-12-5-7-13(8-6-12)24-20(26)17(19(25)23-24)11-14-9-10-18(29-14)15-3-1-2-4-16(15)21(27)28/h1-11H,(H,23,25)(H,27,28)/b17-11+. The minimum Gasteiger partial charge on any atom is -0.478 e. The first kappa shape index (κ1) is 18.2. The maximum Gasteiger partial charge on any atom is 0.336 e. The van der Waals surface area contributed by atoms with E-state index in [2.05, 4.69) is 5.43 Å². The maximum absolute atomic E-state index is 13.1. The van der Waals surface area contributed by atoms with Crippen LogP contribution in [0.15, 0.2) is 70.7 Å². The molecule has 1 aliphatic heterocycles. The molecule has 0 atom stereocenters. The van der Waals surface area contributed by atoms with Crippen molar-refractivity contribution in [3.05, 3.63) is 83.4 Å². The summed E-state index contributed by atoms with van der Waals surface area (Å²) in [6, 6.07) is 14.5. The normalized spacial score (nSPS) is 15.1. The van der Waals surface area contributed by atoms with Gasteiger partial charge in [-0.05, 0) is 48.5 Å². The molecule has 1 saturated heterocycles. The van der Waals surface area contributed by atoms with Crippen LogP contribution in [0.25, 0.3) is 17.4 Å². The average Bonchev–Trinajstić information content (AvgIpc) is 3.29. The maximum atomic E-state index is 13.1. The molecule has 2 aromatic carbocycles. The van der Waals surface area contributed by atoms with Crippen LogP contribution in [0, 0.1) is 5.82 Å². The molecule has 0 saturated carbocycles.